The van der Waals surface area contributed by atoms with Crippen LogP contribution >= 0.6 is 24.0 Å². The van der Waals surface area contributed by atoms with E-state index in [9.17, 15) is 4.79 Å². The number of rotatable bonds is 6. The highest BCUT2D eigenvalue weighted by atomic mass is 127. The summed E-state index contributed by atoms with van der Waals surface area (Å²) in [6.07, 6.45) is 5.68. The van der Waals surface area contributed by atoms with E-state index in [2.05, 4.69) is 29.0 Å². The zero-order valence-electron chi connectivity index (χ0n) is 19.0. The Morgan fingerprint density at radius 1 is 0.967 bits per heavy atom. The lowest BCUT2D eigenvalue weighted by Gasteiger charge is -2.37. The van der Waals surface area contributed by atoms with E-state index in [0.717, 1.165) is 64.0 Å². The monoisotopic (exact) mass is 535 g/mol. The second-order valence-electron chi connectivity index (χ2n) is 8.60. The molecule has 3 aliphatic rings. The van der Waals surface area contributed by atoms with Crippen molar-refractivity contribution in [3.8, 4) is 0 Å². The number of hydrogen-bond donors (Lipinski definition) is 1. The van der Waals surface area contributed by atoms with Gasteiger partial charge in [-0.2, -0.15) is 0 Å². The van der Waals surface area contributed by atoms with Gasteiger partial charge >= 0.3 is 0 Å². The van der Waals surface area contributed by atoms with Gasteiger partial charge < -0.3 is 24.8 Å². The Kier molecular flexibility index (Phi) is 11.7. The van der Waals surface area contributed by atoms with E-state index in [1.54, 1.807) is 0 Å². The number of piperidine rings is 2. The number of hydrogen-bond acceptors (Lipinski definition) is 4. The van der Waals surface area contributed by atoms with Gasteiger partial charge in [-0.05, 0) is 64.6 Å². The number of halogens is 1. The molecule has 0 atom stereocenters. The van der Waals surface area contributed by atoms with Gasteiger partial charge in [-0.3, -0.25) is 9.79 Å². The SMILES string of the molecule is CCNC(=NCCC1CCN(CC)CC1)N1CCC(C(=O)N2CCOCC2)CC1.I. The van der Waals surface area contributed by atoms with E-state index in [-0.39, 0.29) is 29.9 Å². The second kappa shape index (κ2) is 13.7. The average Bonchev–Trinajstić information content (AvgIpc) is 2.79. The minimum atomic E-state index is 0. The fourth-order valence-corrected chi connectivity index (χ4v) is 4.75. The summed E-state index contributed by atoms with van der Waals surface area (Å²) >= 11 is 0. The van der Waals surface area contributed by atoms with Gasteiger partial charge in [0.25, 0.3) is 0 Å². The molecule has 0 aromatic rings. The Hall–Kier alpha value is -0.610. The molecule has 3 rings (SSSR count). The van der Waals surface area contributed by atoms with Crippen LogP contribution in [0.1, 0.15) is 46.0 Å². The Labute approximate surface area is 200 Å². The Morgan fingerprint density at radius 3 is 2.23 bits per heavy atom. The van der Waals surface area contributed by atoms with Crippen LogP contribution in [0.4, 0.5) is 0 Å². The van der Waals surface area contributed by atoms with Gasteiger partial charge in [0.2, 0.25) is 5.91 Å². The van der Waals surface area contributed by atoms with Gasteiger partial charge in [-0.15, -0.1) is 24.0 Å². The number of nitrogens with one attached hydrogen (secondary N) is 1. The maximum atomic E-state index is 12.7. The molecule has 0 bridgehead atoms. The summed E-state index contributed by atoms with van der Waals surface area (Å²) in [6.45, 7) is 14.6. The summed E-state index contributed by atoms with van der Waals surface area (Å²) in [5, 5.41) is 3.47. The molecule has 3 fully saturated rings. The van der Waals surface area contributed by atoms with Crippen molar-refractivity contribution < 1.29 is 9.53 Å². The molecule has 8 heteroatoms. The van der Waals surface area contributed by atoms with Crippen molar-refractivity contribution in [1.29, 1.82) is 0 Å². The number of carbonyl (C=O) groups excluding carboxylic acids is 1. The summed E-state index contributed by atoms with van der Waals surface area (Å²) in [5.41, 5.74) is 0. The van der Waals surface area contributed by atoms with Crippen LogP contribution in [0.5, 0.6) is 0 Å². The number of aliphatic imine (C=N–C) groups is 1. The van der Waals surface area contributed by atoms with Crippen LogP contribution in [0.25, 0.3) is 0 Å². The molecular formula is C22H42IN5O2. The third kappa shape index (κ3) is 7.51. The summed E-state index contributed by atoms with van der Waals surface area (Å²) in [6, 6.07) is 0. The van der Waals surface area contributed by atoms with Crippen LogP contribution in [0.2, 0.25) is 0 Å². The van der Waals surface area contributed by atoms with Gasteiger partial charge in [0, 0.05) is 45.2 Å². The van der Waals surface area contributed by atoms with Crippen molar-refractivity contribution in [1.82, 2.24) is 20.0 Å². The highest BCUT2D eigenvalue weighted by molar-refractivity contribution is 14.0. The van der Waals surface area contributed by atoms with Crippen LogP contribution in [0, 0.1) is 11.8 Å². The highest BCUT2D eigenvalue weighted by Crippen LogP contribution is 2.22. The molecule has 0 saturated carbocycles. The van der Waals surface area contributed by atoms with Crippen molar-refractivity contribution in [2.45, 2.75) is 46.0 Å². The molecule has 7 nitrogen and oxygen atoms in total. The zero-order chi connectivity index (χ0) is 20.5. The number of morpholine rings is 1. The van der Waals surface area contributed by atoms with Crippen LogP contribution < -0.4 is 5.32 Å². The molecule has 174 valence electrons. The maximum absolute atomic E-state index is 12.7. The minimum Gasteiger partial charge on any atom is -0.378 e. The first-order chi connectivity index (χ1) is 14.2. The zero-order valence-corrected chi connectivity index (χ0v) is 21.3. The lowest BCUT2D eigenvalue weighted by Crippen LogP contribution is -2.50. The summed E-state index contributed by atoms with van der Waals surface area (Å²) in [5.74, 6) is 2.35. The molecule has 0 aromatic carbocycles. The molecule has 3 saturated heterocycles. The largest absolute Gasteiger partial charge is 0.378 e. The third-order valence-electron chi connectivity index (χ3n) is 6.75. The number of nitrogens with zero attached hydrogens (tertiary/aromatic N) is 4. The standard InChI is InChI=1S/C22H41N5O2.HI/c1-3-23-22(24-10-5-19-6-11-25(4-2)12-7-19)27-13-8-20(9-14-27)21(28)26-15-17-29-18-16-26;/h19-20H,3-18H2,1-2H3,(H,23,24);1H. The molecular weight excluding hydrogens is 493 g/mol. The number of amides is 1. The molecule has 30 heavy (non-hydrogen) atoms. The van der Waals surface area contributed by atoms with Gasteiger partial charge in [-0.25, -0.2) is 0 Å². The number of guanidine groups is 1. The van der Waals surface area contributed by atoms with Crippen molar-refractivity contribution in [2.24, 2.45) is 16.8 Å². The van der Waals surface area contributed by atoms with Crippen molar-refractivity contribution in [3.63, 3.8) is 0 Å². The van der Waals surface area contributed by atoms with Gasteiger partial charge in [0.05, 0.1) is 13.2 Å². The Balaban J connectivity index is 0.00000320. The summed E-state index contributed by atoms with van der Waals surface area (Å²) in [4.78, 5) is 24.6. The number of ether oxygens (including phenoxy) is 1. The van der Waals surface area contributed by atoms with Gasteiger partial charge in [-0.1, -0.05) is 6.92 Å². The smallest absolute Gasteiger partial charge is 0.225 e. The molecule has 3 aliphatic heterocycles. The molecule has 0 aliphatic carbocycles. The molecule has 3 heterocycles. The number of likely N-dealkylation sites (tertiary alicyclic amines) is 2. The predicted molar refractivity (Wildman–Crippen MR) is 133 cm³/mol. The topological polar surface area (TPSA) is 60.4 Å². The Morgan fingerprint density at radius 2 is 1.63 bits per heavy atom. The van der Waals surface area contributed by atoms with Gasteiger partial charge in [0.1, 0.15) is 0 Å². The highest BCUT2D eigenvalue weighted by Gasteiger charge is 2.30. The first-order valence-electron chi connectivity index (χ1n) is 11.8. The van der Waals surface area contributed by atoms with E-state index in [4.69, 9.17) is 9.73 Å². The first-order valence-corrected chi connectivity index (χ1v) is 11.8. The molecule has 0 unspecified atom stereocenters. The van der Waals surface area contributed by atoms with E-state index in [0.29, 0.717) is 19.1 Å². The molecule has 0 aromatic heterocycles. The van der Waals surface area contributed by atoms with E-state index < -0.39 is 0 Å². The summed E-state index contributed by atoms with van der Waals surface area (Å²) in [7, 11) is 0. The Bertz CT molecular complexity index is 526. The molecule has 1 N–H and O–H groups in total. The second-order valence-corrected chi connectivity index (χ2v) is 8.60. The molecule has 0 radical (unpaired) electrons. The molecule has 0 spiro atoms. The number of carbonyl (C=O) groups is 1. The fraction of sp³-hybridized carbons (Fsp3) is 0.909. The average molecular weight is 536 g/mol. The molecule has 1 amide bonds. The predicted octanol–water partition coefficient (Wildman–Crippen LogP) is 2.26. The summed E-state index contributed by atoms with van der Waals surface area (Å²) < 4.78 is 5.38. The van der Waals surface area contributed by atoms with Crippen molar-refractivity contribution in [3.05, 3.63) is 0 Å². The van der Waals surface area contributed by atoms with Crippen molar-refractivity contribution in [2.75, 3.05) is 72.1 Å². The quantitative estimate of drug-likeness (QED) is 0.321. The van der Waals surface area contributed by atoms with Crippen LogP contribution in [0.3, 0.4) is 0 Å². The lowest BCUT2D eigenvalue weighted by atomic mass is 9.93. The van der Waals surface area contributed by atoms with Crippen LogP contribution in [-0.4, -0.2) is 98.7 Å². The first kappa shape index (κ1) is 25.6. The van der Waals surface area contributed by atoms with Crippen molar-refractivity contribution >= 4 is 35.8 Å². The normalized spacial score (nSPS) is 22.7. The fourth-order valence-electron chi connectivity index (χ4n) is 4.75. The van der Waals surface area contributed by atoms with E-state index in [1.165, 1.54) is 38.9 Å². The van der Waals surface area contributed by atoms with E-state index >= 15 is 0 Å². The minimum absolute atomic E-state index is 0. The van der Waals surface area contributed by atoms with Gasteiger partial charge in [0.15, 0.2) is 5.96 Å². The van der Waals surface area contributed by atoms with E-state index in [1.807, 2.05) is 4.90 Å². The lowest BCUT2D eigenvalue weighted by molar-refractivity contribution is -0.140. The van der Waals surface area contributed by atoms with Crippen LogP contribution in [-0.2, 0) is 9.53 Å². The van der Waals surface area contributed by atoms with Crippen LogP contribution in [0.15, 0.2) is 4.99 Å². The third-order valence-corrected chi connectivity index (χ3v) is 6.75. The maximum Gasteiger partial charge on any atom is 0.225 e.